The molecule has 0 spiro atoms. The van der Waals surface area contributed by atoms with Crippen molar-refractivity contribution in [3.63, 3.8) is 0 Å². The molecule has 0 radical (unpaired) electrons. The molecule has 1 unspecified atom stereocenters. The molecule has 0 aliphatic rings. The lowest BCUT2D eigenvalue weighted by Crippen LogP contribution is -2.35. The van der Waals surface area contributed by atoms with Gasteiger partial charge in [-0.2, -0.15) is 8.78 Å². The summed E-state index contributed by atoms with van der Waals surface area (Å²) in [5.74, 6) is -0.481. The first kappa shape index (κ1) is 19.3. The number of alkyl halides is 2. The SMILES string of the molecule is CCCC(CCO)NC(=O)c1cnc2cc(OC(F)F)c(Cl)cc2c1. The summed E-state index contributed by atoms with van der Waals surface area (Å²) >= 11 is 5.93. The molecule has 1 amide bonds. The van der Waals surface area contributed by atoms with Crippen LogP contribution in [0.25, 0.3) is 10.9 Å². The van der Waals surface area contributed by atoms with E-state index in [2.05, 4.69) is 15.0 Å². The summed E-state index contributed by atoms with van der Waals surface area (Å²) in [6.07, 6.45) is 3.47. The highest BCUT2D eigenvalue weighted by Gasteiger charge is 2.15. The van der Waals surface area contributed by atoms with E-state index in [1.807, 2.05) is 6.92 Å². The monoisotopic (exact) mass is 372 g/mol. The number of nitrogens with zero attached hydrogens (tertiary/aromatic N) is 1. The van der Waals surface area contributed by atoms with Gasteiger partial charge in [0.2, 0.25) is 0 Å². The molecule has 0 saturated carbocycles. The highest BCUT2D eigenvalue weighted by Crippen LogP contribution is 2.30. The van der Waals surface area contributed by atoms with E-state index >= 15 is 0 Å². The van der Waals surface area contributed by atoms with Crippen LogP contribution in [0.3, 0.4) is 0 Å². The van der Waals surface area contributed by atoms with Crippen molar-refractivity contribution < 1.29 is 23.4 Å². The van der Waals surface area contributed by atoms with Gasteiger partial charge in [0.05, 0.1) is 16.1 Å². The van der Waals surface area contributed by atoms with Crippen LogP contribution in [0.1, 0.15) is 36.5 Å². The van der Waals surface area contributed by atoms with Crippen molar-refractivity contribution >= 4 is 28.4 Å². The zero-order chi connectivity index (χ0) is 18.4. The maximum atomic E-state index is 12.4. The van der Waals surface area contributed by atoms with E-state index in [1.54, 1.807) is 6.07 Å². The van der Waals surface area contributed by atoms with Crippen molar-refractivity contribution in [1.82, 2.24) is 10.3 Å². The molecular formula is C17H19ClF2N2O3. The van der Waals surface area contributed by atoms with Crippen LogP contribution in [0.2, 0.25) is 5.02 Å². The fourth-order valence-electron chi connectivity index (χ4n) is 2.50. The second-order valence-corrected chi connectivity index (χ2v) is 5.96. The first-order valence-corrected chi connectivity index (χ1v) is 8.28. The Balaban J connectivity index is 2.23. The lowest BCUT2D eigenvalue weighted by Gasteiger charge is -2.17. The zero-order valence-corrected chi connectivity index (χ0v) is 14.4. The van der Waals surface area contributed by atoms with Crippen LogP contribution in [0, 0.1) is 0 Å². The van der Waals surface area contributed by atoms with Gasteiger partial charge in [0.15, 0.2) is 0 Å². The van der Waals surface area contributed by atoms with E-state index in [0.717, 1.165) is 12.8 Å². The summed E-state index contributed by atoms with van der Waals surface area (Å²) in [5.41, 5.74) is 0.710. The third kappa shape index (κ3) is 5.24. The van der Waals surface area contributed by atoms with Gasteiger partial charge in [0, 0.05) is 30.3 Å². The summed E-state index contributed by atoms with van der Waals surface area (Å²) in [4.78, 5) is 16.5. The number of amides is 1. The molecule has 25 heavy (non-hydrogen) atoms. The maximum Gasteiger partial charge on any atom is 0.387 e. The van der Waals surface area contributed by atoms with Crippen molar-refractivity contribution in [2.24, 2.45) is 0 Å². The Kier molecular flexibility index (Phi) is 6.90. The van der Waals surface area contributed by atoms with E-state index in [0.29, 0.717) is 22.9 Å². The van der Waals surface area contributed by atoms with Gasteiger partial charge in [0.25, 0.3) is 5.91 Å². The molecule has 1 aromatic heterocycles. The number of fused-ring (bicyclic) bond motifs is 1. The molecule has 0 bridgehead atoms. The van der Waals surface area contributed by atoms with E-state index in [9.17, 15) is 13.6 Å². The molecule has 1 aromatic carbocycles. The first-order valence-electron chi connectivity index (χ1n) is 7.90. The highest BCUT2D eigenvalue weighted by atomic mass is 35.5. The fourth-order valence-corrected chi connectivity index (χ4v) is 2.72. The number of hydrogen-bond donors (Lipinski definition) is 2. The van der Waals surface area contributed by atoms with Crippen LogP contribution in [-0.4, -0.2) is 35.3 Å². The highest BCUT2D eigenvalue weighted by molar-refractivity contribution is 6.32. The molecule has 2 rings (SSSR count). The van der Waals surface area contributed by atoms with Crippen LogP contribution >= 0.6 is 11.6 Å². The van der Waals surface area contributed by atoms with Crippen LogP contribution in [0.5, 0.6) is 5.75 Å². The Hall–Kier alpha value is -1.99. The van der Waals surface area contributed by atoms with Gasteiger partial charge >= 0.3 is 6.61 Å². The number of aromatic nitrogens is 1. The number of pyridine rings is 1. The summed E-state index contributed by atoms with van der Waals surface area (Å²) in [6, 6.07) is 4.19. The number of aliphatic hydroxyl groups is 1. The Labute approximate surface area is 149 Å². The van der Waals surface area contributed by atoms with Crippen molar-refractivity contribution in [2.75, 3.05) is 6.61 Å². The fraction of sp³-hybridized carbons (Fsp3) is 0.412. The molecule has 1 heterocycles. The summed E-state index contributed by atoms with van der Waals surface area (Å²) < 4.78 is 29.0. The second kappa shape index (κ2) is 8.92. The quantitative estimate of drug-likeness (QED) is 0.740. The Bertz CT molecular complexity index is 737. The largest absolute Gasteiger partial charge is 0.433 e. The number of halogens is 3. The average molecular weight is 373 g/mol. The summed E-state index contributed by atoms with van der Waals surface area (Å²) in [7, 11) is 0. The molecule has 0 aliphatic heterocycles. The second-order valence-electron chi connectivity index (χ2n) is 5.55. The Morgan fingerprint density at radius 3 is 2.76 bits per heavy atom. The molecule has 2 N–H and O–H groups in total. The number of ether oxygens (including phenoxy) is 1. The zero-order valence-electron chi connectivity index (χ0n) is 13.6. The summed E-state index contributed by atoms with van der Waals surface area (Å²) in [5, 5.41) is 12.5. The first-order chi connectivity index (χ1) is 11.9. The van der Waals surface area contributed by atoms with E-state index in [-0.39, 0.29) is 29.3 Å². The minimum atomic E-state index is -2.98. The van der Waals surface area contributed by atoms with E-state index < -0.39 is 6.61 Å². The topological polar surface area (TPSA) is 71.5 Å². The number of nitrogens with one attached hydrogen (secondary N) is 1. The molecule has 0 saturated heterocycles. The molecule has 1 atom stereocenters. The van der Waals surface area contributed by atoms with Gasteiger partial charge in [-0.25, -0.2) is 0 Å². The number of aliphatic hydroxyl groups excluding tert-OH is 1. The molecular weight excluding hydrogens is 354 g/mol. The normalized spacial score (nSPS) is 12.4. The van der Waals surface area contributed by atoms with Crippen LogP contribution < -0.4 is 10.1 Å². The maximum absolute atomic E-state index is 12.4. The third-order valence-corrected chi connectivity index (χ3v) is 3.96. The van der Waals surface area contributed by atoms with E-state index in [1.165, 1.54) is 18.3 Å². The number of rotatable bonds is 8. The molecule has 2 aromatic rings. The molecule has 0 fully saturated rings. The predicted octanol–water partition coefficient (Wildman–Crippen LogP) is 3.77. The number of carbonyl (C=O) groups is 1. The lowest BCUT2D eigenvalue weighted by molar-refractivity contribution is -0.0497. The van der Waals surface area contributed by atoms with Crippen LogP contribution in [0.15, 0.2) is 24.4 Å². The van der Waals surface area contributed by atoms with Gasteiger partial charge < -0.3 is 15.2 Å². The molecule has 136 valence electrons. The van der Waals surface area contributed by atoms with Crippen molar-refractivity contribution in [2.45, 2.75) is 38.8 Å². The average Bonchev–Trinajstić information content (AvgIpc) is 2.55. The van der Waals surface area contributed by atoms with Crippen molar-refractivity contribution in [3.8, 4) is 5.75 Å². The minimum Gasteiger partial charge on any atom is -0.433 e. The number of hydrogen-bond acceptors (Lipinski definition) is 4. The van der Waals surface area contributed by atoms with Crippen molar-refractivity contribution in [1.29, 1.82) is 0 Å². The Morgan fingerprint density at radius 2 is 2.12 bits per heavy atom. The van der Waals surface area contributed by atoms with Gasteiger partial charge in [-0.1, -0.05) is 24.9 Å². The summed E-state index contributed by atoms with van der Waals surface area (Å²) in [6.45, 7) is -1.000. The third-order valence-electron chi connectivity index (χ3n) is 3.66. The van der Waals surface area contributed by atoms with Gasteiger partial charge in [-0.05, 0) is 25.0 Å². The number of carbonyl (C=O) groups excluding carboxylic acids is 1. The Morgan fingerprint density at radius 1 is 1.36 bits per heavy atom. The van der Waals surface area contributed by atoms with Gasteiger partial charge in [-0.3, -0.25) is 9.78 Å². The standard InChI is InChI=1S/C17H19ClF2N2O3/c1-2-3-12(4-5-23)22-16(24)11-6-10-7-13(18)15(25-17(19)20)8-14(10)21-9-11/h6-9,12,17,23H,2-5H2,1H3,(H,22,24). The number of benzene rings is 1. The minimum absolute atomic E-state index is 0.0105. The van der Waals surface area contributed by atoms with E-state index in [4.69, 9.17) is 16.7 Å². The van der Waals surface area contributed by atoms with Crippen molar-refractivity contribution in [3.05, 3.63) is 35.0 Å². The van der Waals surface area contributed by atoms with Crippen LogP contribution in [0.4, 0.5) is 8.78 Å². The molecule has 5 nitrogen and oxygen atoms in total. The predicted molar refractivity (Wildman–Crippen MR) is 91.3 cm³/mol. The van der Waals surface area contributed by atoms with Gasteiger partial charge in [0.1, 0.15) is 5.75 Å². The molecule has 8 heteroatoms. The lowest BCUT2D eigenvalue weighted by atomic mass is 10.1. The van der Waals surface area contributed by atoms with Gasteiger partial charge in [-0.15, -0.1) is 0 Å². The molecule has 0 aliphatic carbocycles. The smallest absolute Gasteiger partial charge is 0.387 e. The van der Waals surface area contributed by atoms with Crippen LogP contribution in [-0.2, 0) is 0 Å².